The second-order valence-electron chi connectivity index (χ2n) is 7.93. The fraction of sp³-hybridized carbons (Fsp3) is 0.208. The second-order valence-corrected chi connectivity index (χ2v) is 12.1. The van der Waals surface area contributed by atoms with Crippen molar-refractivity contribution in [2.75, 3.05) is 37.4 Å². The van der Waals surface area contributed by atoms with Crippen LogP contribution < -0.4 is 14.4 Å². The Morgan fingerprint density at radius 2 is 1.46 bits per heavy atom. The summed E-state index contributed by atoms with van der Waals surface area (Å²) < 4.78 is 57.9. The Balaban J connectivity index is 1.62. The maximum atomic E-state index is 12.8. The highest BCUT2D eigenvalue weighted by Gasteiger charge is 2.21. The zero-order valence-corrected chi connectivity index (χ0v) is 21.4. The van der Waals surface area contributed by atoms with Gasteiger partial charge in [-0.15, -0.1) is 0 Å². The topological polar surface area (TPSA) is 113 Å². The molecule has 11 heteroatoms. The van der Waals surface area contributed by atoms with Crippen molar-refractivity contribution in [1.82, 2.24) is 4.31 Å². The summed E-state index contributed by atoms with van der Waals surface area (Å²) in [5.74, 6) is -0.110. The molecule has 0 aliphatic carbocycles. The summed E-state index contributed by atoms with van der Waals surface area (Å²) in [5.41, 5.74) is 1.71. The number of hydrogen-bond acceptors (Lipinski definition) is 6. The monoisotopic (exact) mass is 517 g/mol. The lowest BCUT2D eigenvalue weighted by atomic mass is 10.2. The second kappa shape index (κ2) is 10.5. The average molecular weight is 518 g/mol. The molecule has 0 heterocycles. The van der Waals surface area contributed by atoms with Gasteiger partial charge < -0.3 is 10.1 Å². The van der Waals surface area contributed by atoms with Crippen LogP contribution in [0.25, 0.3) is 0 Å². The largest absolute Gasteiger partial charge is 0.484 e. The number of carbonyl (C=O) groups excluding carboxylic acids is 1. The zero-order valence-electron chi connectivity index (χ0n) is 19.8. The SMILES string of the molecule is Cc1ccc(S(=O)(=O)N(C)c2ccc(OCC(=O)Nc3cccc(S(=O)(=O)N(C)C)c3)cc2)cc1. The third kappa shape index (κ3) is 6.18. The Morgan fingerprint density at radius 3 is 2.06 bits per heavy atom. The van der Waals surface area contributed by atoms with Gasteiger partial charge in [-0.25, -0.2) is 21.1 Å². The molecule has 1 N–H and O–H groups in total. The summed E-state index contributed by atoms with van der Waals surface area (Å²) in [6.07, 6.45) is 0. The zero-order chi connectivity index (χ0) is 25.8. The van der Waals surface area contributed by atoms with Crippen LogP contribution in [0.2, 0.25) is 0 Å². The van der Waals surface area contributed by atoms with Crippen LogP contribution in [0, 0.1) is 6.92 Å². The van der Waals surface area contributed by atoms with Crippen molar-refractivity contribution in [1.29, 1.82) is 0 Å². The number of nitrogens with zero attached hydrogens (tertiary/aromatic N) is 2. The summed E-state index contributed by atoms with van der Waals surface area (Å²) in [7, 11) is -3.03. The molecule has 0 aromatic heterocycles. The Labute approximate surface area is 206 Å². The molecule has 3 rings (SSSR count). The minimum absolute atomic E-state index is 0.0570. The Hall–Kier alpha value is -3.41. The van der Waals surface area contributed by atoms with Gasteiger partial charge >= 0.3 is 0 Å². The van der Waals surface area contributed by atoms with Crippen LogP contribution in [0.4, 0.5) is 11.4 Å². The van der Waals surface area contributed by atoms with E-state index in [1.165, 1.54) is 43.6 Å². The number of aryl methyl sites for hydroxylation is 1. The highest BCUT2D eigenvalue weighted by molar-refractivity contribution is 7.92. The molecule has 0 fully saturated rings. The molecule has 0 spiro atoms. The predicted molar refractivity (Wildman–Crippen MR) is 135 cm³/mol. The van der Waals surface area contributed by atoms with E-state index in [0.29, 0.717) is 17.1 Å². The molecule has 0 radical (unpaired) electrons. The average Bonchev–Trinajstić information content (AvgIpc) is 2.83. The molecule has 3 aromatic carbocycles. The Kier molecular flexibility index (Phi) is 7.83. The summed E-state index contributed by atoms with van der Waals surface area (Å²) in [5, 5.41) is 2.60. The van der Waals surface area contributed by atoms with Crippen LogP contribution in [-0.4, -0.2) is 54.8 Å². The Morgan fingerprint density at radius 1 is 0.829 bits per heavy atom. The van der Waals surface area contributed by atoms with Crippen LogP contribution in [0.3, 0.4) is 0 Å². The molecule has 0 atom stereocenters. The third-order valence-electron chi connectivity index (χ3n) is 5.15. The Bertz CT molecular complexity index is 1400. The molecule has 0 bridgehead atoms. The molecule has 1 amide bonds. The van der Waals surface area contributed by atoms with Gasteiger partial charge in [0.1, 0.15) is 5.75 Å². The number of nitrogens with one attached hydrogen (secondary N) is 1. The molecule has 9 nitrogen and oxygen atoms in total. The standard InChI is InChI=1S/C24H27N3O6S2/c1-18-8-14-22(15-9-18)35(31,32)27(4)20-10-12-21(13-11-20)33-17-24(28)25-19-6-5-7-23(16-19)34(29,30)26(2)3/h5-16H,17H2,1-4H3,(H,25,28). The van der Waals surface area contributed by atoms with Gasteiger partial charge in [0, 0.05) is 26.8 Å². The molecule has 0 aliphatic heterocycles. The number of amides is 1. The fourth-order valence-corrected chi connectivity index (χ4v) is 5.19. The minimum Gasteiger partial charge on any atom is -0.484 e. The number of rotatable bonds is 9. The number of hydrogen-bond donors (Lipinski definition) is 1. The van der Waals surface area contributed by atoms with Crippen LogP contribution in [0.1, 0.15) is 5.56 Å². The summed E-state index contributed by atoms with van der Waals surface area (Å²) in [4.78, 5) is 12.5. The molecular weight excluding hydrogens is 490 g/mol. The molecule has 35 heavy (non-hydrogen) atoms. The van der Waals surface area contributed by atoms with Gasteiger partial charge in [-0.1, -0.05) is 23.8 Å². The van der Waals surface area contributed by atoms with Crippen LogP contribution in [0.5, 0.6) is 5.75 Å². The van der Waals surface area contributed by atoms with Gasteiger partial charge in [-0.3, -0.25) is 9.10 Å². The van der Waals surface area contributed by atoms with E-state index in [-0.39, 0.29) is 16.4 Å². The normalized spacial score (nSPS) is 11.8. The number of carbonyl (C=O) groups is 1. The van der Waals surface area contributed by atoms with Crippen LogP contribution >= 0.6 is 0 Å². The molecule has 0 aliphatic rings. The van der Waals surface area contributed by atoms with E-state index in [4.69, 9.17) is 4.74 Å². The van der Waals surface area contributed by atoms with Crippen molar-refractivity contribution < 1.29 is 26.4 Å². The van der Waals surface area contributed by atoms with Crippen molar-refractivity contribution in [2.24, 2.45) is 0 Å². The van der Waals surface area contributed by atoms with Crippen molar-refractivity contribution in [2.45, 2.75) is 16.7 Å². The number of ether oxygens (including phenoxy) is 1. The quantitative estimate of drug-likeness (QED) is 0.467. The first-order chi connectivity index (χ1) is 16.4. The van der Waals surface area contributed by atoms with Gasteiger partial charge in [0.25, 0.3) is 15.9 Å². The van der Waals surface area contributed by atoms with E-state index >= 15 is 0 Å². The predicted octanol–water partition coefficient (Wildman–Crippen LogP) is 3.09. The maximum absolute atomic E-state index is 12.8. The van der Waals surface area contributed by atoms with Crippen molar-refractivity contribution in [3.05, 3.63) is 78.4 Å². The summed E-state index contributed by atoms with van der Waals surface area (Å²) in [6.45, 7) is 1.56. The van der Waals surface area contributed by atoms with Gasteiger partial charge in [0.05, 0.1) is 15.5 Å². The first-order valence-electron chi connectivity index (χ1n) is 10.5. The molecule has 0 saturated carbocycles. The first-order valence-corrected chi connectivity index (χ1v) is 13.4. The van der Waals surface area contributed by atoms with E-state index in [1.807, 2.05) is 6.92 Å². The summed E-state index contributed by atoms with van der Waals surface area (Å²) in [6, 6.07) is 18.8. The smallest absolute Gasteiger partial charge is 0.264 e. The van der Waals surface area contributed by atoms with Gasteiger partial charge in [0.2, 0.25) is 10.0 Å². The highest BCUT2D eigenvalue weighted by atomic mass is 32.2. The number of sulfonamides is 2. The van der Waals surface area contributed by atoms with Crippen LogP contribution in [-0.2, 0) is 24.8 Å². The van der Waals surface area contributed by atoms with Gasteiger partial charge in [-0.05, 0) is 61.5 Å². The first kappa shape index (κ1) is 26.2. The lowest BCUT2D eigenvalue weighted by molar-refractivity contribution is -0.118. The number of anilines is 2. The lowest BCUT2D eigenvalue weighted by Crippen LogP contribution is -2.26. The maximum Gasteiger partial charge on any atom is 0.264 e. The molecule has 0 saturated heterocycles. The molecule has 3 aromatic rings. The van der Waals surface area contributed by atoms with Gasteiger partial charge in [0.15, 0.2) is 6.61 Å². The molecular formula is C24H27N3O6S2. The van der Waals surface area contributed by atoms with Crippen LogP contribution in [0.15, 0.2) is 82.6 Å². The van der Waals surface area contributed by atoms with E-state index in [9.17, 15) is 21.6 Å². The highest BCUT2D eigenvalue weighted by Crippen LogP contribution is 2.25. The van der Waals surface area contributed by atoms with E-state index < -0.39 is 26.0 Å². The van der Waals surface area contributed by atoms with Gasteiger partial charge in [-0.2, -0.15) is 0 Å². The lowest BCUT2D eigenvalue weighted by Gasteiger charge is -2.20. The fourth-order valence-electron chi connectivity index (χ4n) is 3.05. The van der Waals surface area contributed by atoms with Crippen molar-refractivity contribution in [3.8, 4) is 5.75 Å². The third-order valence-corrected chi connectivity index (χ3v) is 8.76. The van der Waals surface area contributed by atoms with Crippen molar-refractivity contribution in [3.63, 3.8) is 0 Å². The summed E-state index contributed by atoms with van der Waals surface area (Å²) >= 11 is 0. The molecule has 186 valence electrons. The van der Waals surface area contributed by atoms with E-state index in [0.717, 1.165) is 9.87 Å². The van der Waals surface area contributed by atoms with Crippen molar-refractivity contribution >= 4 is 37.3 Å². The minimum atomic E-state index is -3.72. The molecule has 0 unspecified atom stereocenters. The van der Waals surface area contributed by atoms with E-state index in [1.54, 1.807) is 54.6 Å². The van der Waals surface area contributed by atoms with E-state index in [2.05, 4.69) is 5.32 Å². The number of benzene rings is 3.